The second kappa shape index (κ2) is 5.09. The Morgan fingerprint density at radius 2 is 1.62 bits per heavy atom. The molecule has 0 unspecified atom stereocenters. The zero-order chi connectivity index (χ0) is 19.1. The molecule has 0 saturated heterocycles. The minimum atomic E-state index is 0.141. The molecule has 0 saturated carbocycles. The van der Waals surface area contributed by atoms with Crippen molar-refractivity contribution in [2.24, 2.45) is 0 Å². The monoisotopic (exact) mass is 368 g/mol. The second-order valence-electron chi connectivity index (χ2n) is 7.68. The van der Waals surface area contributed by atoms with E-state index < -0.39 is 0 Å². The van der Waals surface area contributed by atoms with Gasteiger partial charge >= 0.3 is 0 Å². The van der Waals surface area contributed by atoms with E-state index in [1.807, 2.05) is 18.2 Å². The highest BCUT2D eigenvalue weighted by molar-refractivity contribution is 6.99. The van der Waals surface area contributed by atoms with Gasteiger partial charge in [-0.25, -0.2) is 0 Å². The first-order valence-corrected chi connectivity index (χ1v) is 9.72. The van der Waals surface area contributed by atoms with Gasteiger partial charge in [0, 0.05) is 22.0 Å². The van der Waals surface area contributed by atoms with E-state index in [0.29, 0.717) is 5.56 Å². The maximum absolute atomic E-state index is 9.42. The van der Waals surface area contributed by atoms with Crippen LogP contribution in [0.4, 0.5) is 0 Å². The van der Waals surface area contributed by atoms with E-state index in [9.17, 15) is 5.26 Å². The summed E-state index contributed by atoms with van der Waals surface area (Å²) in [5, 5.41) is 11.7. The molecule has 0 bridgehead atoms. The predicted molar refractivity (Wildman–Crippen MR) is 117 cm³/mol. The van der Waals surface area contributed by atoms with Crippen molar-refractivity contribution in [2.45, 2.75) is 0 Å². The van der Waals surface area contributed by atoms with Gasteiger partial charge in [-0.1, -0.05) is 42.5 Å². The summed E-state index contributed by atoms with van der Waals surface area (Å²) >= 11 is 0. The van der Waals surface area contributed by atoms with Gasteiger partial charge in [0.25, 0.3) is 6.71 Å². The number of rotatable bonds is 0. The van der Waals surface area contributed by atoms with E-state index in [0.717, 1.165) is 28.1 Å². The Morgan fingerprint density at radius 3 is 2.55 bits per heavy atom. The number of hydrogen-bond acceptors (Lipinski definition) is 2. The van der Waals surface area contributed by atoms with Crippen LogP contribution in [0.1, 0.15) is 5.56 Å². The smallest absolute Gasteiger partial charge is 0.256 e. The van der Waals surface area contributed by atoms with Crippen LogP contribution in [0.15, 0.2) is 78.9 Å². The lowest BCUT2D eigenvalue weighted by molar-refractivity contribution is 0.487. The summed E-state index contributed by atoms with van der Waals surface area (Å²) in [5.74, 6) is 1.85. The summed E-state index contributed by atoms with van der Waals surface area (Å²) in [4.78, 5) is 0. The van der Waals surface area contributed by atoms with Gasteiger partial charge in [0.15, 0.2) is 0 Å². The van der Waals surface area contributed by atoms with Crippen LogP contribution in [0.25, 0.3) is 27.5 Å². The Morgan fingerprint density at radius 1 is 0.793 bits per heavy atom. The number of aromatic nitrogens is 1. The molecule has 3 nitrogen and oxygen atoms in total. The Bertz CT molecular complexity index is 1560. The standard InChI is InChI=1S/C25H13BN2O/c27-14-15-11-12-20-17(13-15)16-5-3-7-19-25(16)28(20)21-8-4-10-23-24(21)26(19)18-6-1-2-9-22(18)29-23/h1-13H. The molecule has 0 amide bonds. The molecule has 0 aliphatic carbocycles. The van der Waals surface area contributed by atoms with Crippen molar-refractivity contribution in [3.8, 4) is 23.3 Å². The second-order valence-corrected chi connectivity index (χ2v) is 7.68. The number of hydrogen-bond donors (Lipinski definition) is 0. The fourth-order valence-corrected chi connectivity index (χ4v) is 5.16. The molecule has 29 heavy (non-hydrogen) atoms. The molecule has 0 fully saturated rings. The Labute approximate surface area is 167 Å². The normalized spacial score (nSPS) is 13.0. The van der Waals surface area contributed by atoms with E-state index in [1.54, 1.807) is 0 Å². The lowest BCUT2D eigenvalue weighted by atomic mass is 9.34. The SMILES string of the molecule is N#Cc1ccc2c(c1)c1cccc3c1n2-c1cccc2c1B3c1ccccc1O2. The van der Waals surface area contributed by atoms with E-state index in [4.69, 9.17) is 4.74 Å². The third kappa shape index (κ3) is 1.73. The number of fused-ring (bicyclic) bond motifs is 7. The van der Waals surface area contributed by atoms with Crippen molar-refractivity contribution >= 4 is 44.9 Å². The quantitative estimate of drug-likeness (QED) is 0.384. The number of ether oxygens (including phenoxy) is 1. The average molecular weight is 368 g/mol. The van der Waals surface area contributed by atoms with Crippen LogP contribution in [-0.2, 0) is 0 Å². The van der Waals surface area contributed by atoms with Crippen molar-refractivity contribution < 1.29 is 4.74 Å². The Kier molecular flexibility index (Phi) is 2.64. The van der Waals surface area contributed by atoms with Crippen LogP contribution >= 0.6 is 0 Å². The maximum atomic E-state index is 9.42. The van der Waals surface area contributed by atoms with E-state index in [1.165, 1.54) is 27.3 Å². The molecule has 4 aromatic carbocycles. The van der Waals surface area contributed by atoms with Gasteiger partial charge in [0.1, 0.15) is 11.5 Å². The van der Waals surface area contributed by atoms with Crippen LogP contribution in [0.5, 0.6) is 11.5 Å². The molecule has 2 aliphatic rings. The summed E-state index contributed by atoms with van der Waals surface area (Å²) in [6, 6.07) is 29.4. The summed E-state index contributed by atoms with van der Waals surface area (Å²) in [5.41, 5.74) is 7.89. The molecule has 7 rings (SSSR count). The minimum Gasteiger partial charge on any atom is -0.458 e. The molecule has 0 radical (unpaired) electrons. The van der Waals surface area contributed by atoms with Gasteiger partial charge in [-0.3, -0.25) is 0 Å². The van der Waals surface area contributed by atoms with Crippen LogP contribution in [0.2, 0.25) is 0 Å². The first-order valence-electron chi connectivity index (χ1n) is 9.72. The first-order chi connectivity index (χ1) is 14.3. The third-order valence-corrected chi connectivity index (χ3v) is 6.28. The van der Waals surface area contributed by atoms with E-state index in [-0.39, 0.29) is 6.71 Å². The molecule has 3 heterocycles. The fourth-order valence-electron chi connectivity index (χ4n) is 5.16. The topological polar surface area (TPSA) is 38.0 Å². The molecule has 1 aromatic heterocycles. The number of nitrogens with zero attached hydrogens (tertiary/aromatic N) is 2. The van der Waals surface area contributed by atoms with Crippen molar-refractivity contribution in [1.82, 2.24) is 4.57 Å². The lowest BCUT2D eigenvalue weighted by Crippen LogP contribution is -2.58. The van der Waals surface area contributed by atoms with E-state index in [2.05, 4.69) is 71.3 Å². The molecule has 0 spiro atoms. The van der Waals surface area contributed by atoms with Crippen LogP contribution in [0.3, 0.4) is 0 Å². The zero-order valence-electron chi connectivity index (χ0n) is 15.4. The molecular formula is C25H13BN2O. The van der Waals surface area contributed by atoms with Gasteiger partial charge in [-0.15, -0.1) is 0 Å². The van der Waals surface area contributed by atoms with Gasteiger partial charge in [0.2, 0.25) is 0 Å². The first kappa shape index (κ1) is 15.0. The molecule has 5 aromatic rings. The fraction of sp³-hybridized carbons (Fsp3) is 0. The zero-order valence-corrected chi connectivity index (χ0v) is 15.4. The Hall–Kier alpha value is -3.97. The Balaban J connectivity index is 1.73. The van der Waals surface area contributed by atoms with Crippen molar-refractivity contribution in [3.63, 3.8) is 0 Å². The molecule has 2 aliphatic heterocycles. The van der Waals surface area contributed by atoms with E-state index >= 15 is 0 Å². The van der Waals surface area contributed by atoms with Gasteiger partial charge in [-0.2, -0.15) is 5.26 Å². The summed E-state index contributed by atoms with van der Waals surface area (Å²) in [6.07, 6.45) is 0. The largest absolute Gasteiger partial charge is 0.458 e. The highest BCUT2D eigenvalue weighted by Gasteiger charge is 2.39. The molecule has 132 valence electrons. The van der Waals surface area contributed by atoms with Crippen molar-refractivity contribution in [3.05, 3.63) is 84.4 Å². The molecule has 0 atom stereocenters. The van der Waals surface area contributed by atoms with Crippen LogP contribution in [-0.4, -0.2) is 11.3 Å². The van der Waals surface area contributed by atoms with Gasteiger partial charge in [-0.05, 0) is 52.8 Å². The third-order valence-electron chi connectivity index (χ3n) is 6.28. The van der Waals surface area contributed by atoms with Crippen molar-refractivity contribution in [1.29, 1.82) is 5.26 Å². The van der Waals surface area contributed by atoms with Crippen LogP contribution in [0, 0.1) is 11.3 Å². The summed E-state index contributed by atoms with van der Waals surface area (Å²) in [6.45, 7) is 0.141. The number of nitriles is 1. The minimum absolute atomic E-state index is 0.141. The maximum Gasteiger partial charge on any atom is 0.256 e. The predicted octanol–water partition coefficient (Wildman–Crippen LogP) is 3.59. The highest BCUT2D eigenvalue weighted by Crippen LogP contribution is 2.37. The van der Waals surface area contributed by atoms with Crippen molar-refractivity contribution in [2.75, 3.05) is 0 Å². The summed E-state index contributed by atoms with van der Waals surface area (Å²) < 4.78 is 8.64. The number of para-hydroxylation sites is 2. The van der Waals surface area contributed by atoms with Gasteiger partial charge in [0.05, 0.1) is 17.1 Å². The molecule has 0 N–H and O–H groups in total. The lowest BCUT2D eigenvalue weighted by Gasteiger charge is -2.33. The van der Waals surface area contributed by atoms with Crippen LogP contribution < -0.4 is 21.1 Å². The summed E-state index contributed by atoms with van der Waals surface area (Å²) in [7, 11) is 0. The highest BCUT2D eigenvalue weighted by atomic mass is 16.5. The average Bonchev–Trinajstić information content (AvgIpc) is 3.11. The number of benzene rings is 4. The molecule has 4 heteroatoms. The molecular weight excluding hydrogens is 355 g/mol. The van der Waals surface area contributed by atoms with Gasteiger partial charge < -0.3 is 9.30 Å².